The highest BCUT2D eigenvalue weighted by molar-refractivity contribution is 7.25. The lowest BCUT2D eigenvalue weighted by Crippen LogP contribution is -1.96. The van der Waals surface area contributed by atoms with Crippen molar-refractivity contribution in [1.29, 1.82) is 0 Å². The summed E-state index contributed by atoms with van der Waals surface area (Å²) in [7, 11) is 0. The van der Waals surface area contributed by atoms with E-state index >= 15 is 0 Å². The molecule has 0 fully saturated rings. The Labute approximate surface area is 252 Å². The van der Waals surface area contributed by atoms with Crippen LogP contribution in [-0.2, 0) is 0 Å². The molecule has 3 aromatic heterocycles. The molecule has 3 heterocycles. The summed E-state index contributed by atoms with van der Waals surface area (Å²) in [5.41, 5.74) is 8.98. The molecule has 5 aromatic carbocycles. The largest absolute Gasteiger partial charge is 0.316 e. The van der Waals surface area contributed by atoms with Crippen molar-refractivity contribution in [2.45, 2.75) is 19.3 Å². The van der Waals surface area contributed by atoms with Crippen LogP contribution < -0.4 is 0 Å². The zero-order valence-corrected chi connectivity index (χ0v) is 24.8. The molecule has 1 nitrogen and oxygen atoms in total. The van der Waals surface area contributed by atoms with Crippen LogP contribution in [0.25, 0.3) is 75.2 Å². The third-order valence-electron chi connectivity index (χ3n) is 8.87. The fourth-order valence-electron chi connectivity index (χ4n) is 6.78. The van der Waals surface area contributed by atoms with Gasteiger partial charge in [-0.1, -0.05) is 73.7 Å². The van der Waals surface area contributed by atoms with E-state index in [9.17, 15) is 0 Å². The van der Waals surface area contributed by atoms with E-state index in [1.165, 1.54) is 79.5 Å². The summed E-state index contributed by atoms with van der Waals surface area (Å²) in [5, 5.41) is 5.36. The van der Waals surface area contributed by atoms with E-state index in [0.29, 0.717) is 5.92 Å². The molecule has 0 aliphatic heterocycles. The highest BCUT2D eigenvalue weighted by Gasteiger charge is 2.20. The van der Waals surface area contributed by atoms with Crippen molar-refractivity contribution in [3.63, 3.8) is 0 Å². The van der Waals surface area contributed by atoms with E-state index in [1.54, 1.807) is 0 Å². The highest BCUT2D eigenvalue weighted by atomic mass is 32.1. The van der Waals surface area contributed by atoms with Crippen LogP contribution in [0.3, 0.4) is 0 Å². The molecule has 0 amide bonds. The van der Waals surface area contributed by atoms with E-state index in [0.717, 1.165) is 6.42 Å². The number of para-hydroxylation sites is 1. The molecule has 9 rings (SSSR count). The second kappa shape index (κ2) is 9.29. The number of fused-ring (bicyclic) bond motifs is 7. The molecular formula is C39H27NS2. The predicted molar refractivity (Wildman–Crippen MR) is 184 cm³/mol. The molecule has 1 aliphatic carbocycles. The fourth-order valence-corrected chi connectivity index (χ4v) is 9.10. The lowest BCUT2D eigenvalue weighted by molar-refractivity contribution is 0.783. The molecule has 1 aliphatic rings. The van der Waals surface area contributed by atoms with Crippen LogP contribution in [-0.4, -0.2) is 4.57 Å². The van der Waals surface area contributed by atoms with Gasteiger partial charge in [0.15, 0.2) is 0 Å². The number of benzene rings is 5. The van der Waals surface area contributed by atoms with E-state index in [-0.39, 0.29) is 0 Å². The van der Waals surface area contributed by atoms with Crippen LogP contribution in [0, 0.1) is 0 Å². The van der Waals surface area contributed by atoms with Gasteiger partial charge in [-0.15, -0.1) is 22.7 Å². The zero-order valence-electron chi connectivity index (χ0n) is 23.2. The number of hydrogen-bond acceptors (Lipinski definition) is 2. The summed E-state index contributed by atoms with van der Waals surface area (Å²) in [5.74, 6) is 0.562. The van der Waals surface area contributed by atoms with E-state index < -0.39 is 0 Å². The van der Waals surface area contributed by atoms with Crippen molar-refractivity contribution < 1.29 is 0 Å². The van der Waals surface area contributed by atoms with Gasteiger partial charge >= 0.3 is 0 Å². The third-order valence-corrected chi connectivity index (χ3v) is 11.2. The Morgan fingerprint density at radius 2 is 1.33 bits per heavy atom. The first-order valence-corrected chi connectivity index (χ1v) is 16.2. The Morgan fingerprint density at radius 3 is 2.24 bits per heavy atom. The smallest absolute Gasteiger partial charge is 0.0541 e. The quantitative estimate of drug-likeness (QED) is 0.198. The van der Waals surface area contributed by atoms with E-state index in [2.05, 4.69) is 139 Å². The molecule has 0 radical (unpaired) electrons. The first-order chi connectivity index (χ1) is 20.7. The molecule has 200 valence electrons. The molecular weight excluding hydrogens is 547 g/mol. The summed E-state index contributed by atoms with van der Waals surface area (Å²) >= 11 is 3.79. The number of hydrogen-bond donors (Lipinski definition) is 0. The summed E-state index contributed by atoms with van der Waals surface area (Å²) in [6.07, 6.45) is 8.09. The summed E-state index contributed by atoms with van der Waals surface area (Å²) in [6.45, 7) is 2.36. The van der Waals surface area contributed by atoms with Crippen molar-refractivity contribution in [3.8, 4) is 27.9 Å². The SMILES string of the molecule is CC1CC=Cc2sc3ccc(-c4ccc5c(-c6ccc7sc8ccccc8c7c6)cn(-c6ccccc6)c5c4)cc3c21. The van der Waals surface area contributed by atoms with Gasteiger partial charge in [0.05, 0.1) is 5.52 Å². The first kappa shape index (κ1) is 24.2. The summed E-state index contributed by atoms with van der Waals surface area (Å²) in [4.78, 5) is 1.43. The van der Waals surface area contributed by atoms with Gasteiger partial charge < -0.3 is 4.57 Å². The molecule has 1 unspecified atom stereocenters. The Balaban J connectivity index is 1.25. The van der Waals surface area contributed by atoms with Crippen molar-refractivity contribution in [2.75, 3.05) is 0 Å². The van der Waals surface area contributed by atoms with Gasteiger partial charge in [0, 0.05) is 52.6 Å². The van der Waals surface area contributed by atoms with Crippen molar-refractivity contribution >= 4 is 69.9 Å². The zero-order chi connectivity index (χ0) is 27.8. The predicted octanol–water partition coefficient (Wildman–Crippen LogP) is 12.1. The number of thiophene rings is 2. The van der Waals surface area contributed by atoms with E-state index in [1.807, 2.05) is 22.7 Å². The normalized spacial score (nSPS) is 14.8. The lowest BCUT2D eigenvalue weighted by atomic mass is 9.90. The van der Waals surface area contributed by atoms with Gasteiger partial charge in [-0.05, 0) is 94.6 Å². The van der Waals surface area contributed by atoms with E-state index in [4.69, 9.17) is 0 Å². The lowest BCUT2D eigenvalue weighted by Gasteiger charge is -2.14. The Bertz CT molecular complexity index is 2350. The van der Waals surface area contributed by atoms with Crippen molar-refractivity contribution in [1.82, 2.24) is 4.57 Å². The second-order valence-corrected chi connectivity index (χ2v) is 13.6. The molecule has 0 saturated heterocycles. The second-order valence-electron chi connectivity index (χ2n) is 11.4. The minimum absolute atomic E-state index is 0.562. The highest BCUT2D eigenvalue weighted by Crippen LogP contribution is 2.44. The molecule has 0 N–H and O–H groups in total. The van der Waals surface area contributed by atoms with Gasteiger partial charge in [0.1, 0.15) is 0 Å². The average molecular weight is 574 g/mol. The van der Waals surface area contributed by atoms with Gasteiger partial charge in [0.25, 0.3) is 0 Å². The van der Waals surface area contributed by atoms with Crippen molar-refractivity contribution in [2.24, 2.45) is 0 Å². The standard InChI is InChI=1S/C39H27NS2/c1-24-8-7-13-38-39(24)32-20-25(15-18-37(32)42-38)26-14-17-29-33(23-40(34(29)22-26)28-9-3-2-4-10-28)27-16-19-36-31(21-27)30-11-5-6-12-35(30)41-36/h2-7,9-24H,8H2,1H3. The summed E-state index contributed by atoms with van der Waals surface area (Å²) in [6, 6.07) is 40.5. The first-order valence-electron chi connectivity index (χ1n) is 14.6. The minimum atomic E-state index is 0.562. The maximum Gasteiger partial charge on any atom is 0.0541 e. The number of nitrogens with zero attached hydrogens (tertiary/aromatic N) is 1. The molecule has 0 spiro atoms. The fraction of sp³-hybridized carbons (Fsp3) is 0.0769. The van der Waals surface area contributed by atoms with Crippen LogP contribution in [0.1, 0.15) is 29.7 Å². The number of rotatable bonds is 3. The maximum absolute atomic E-state index is 2.42. The summed E-state index contributed by atoms with van der Waals surface area (Å²) < 4.78 is 6.43. The molecule has 1 atom stereocenters. The molecule has 3 heteroatoms. The number of aromatic nitrogens is 1. The molecule has 8 aromatic rings. The number of allylic oxidation sites excluding steroid dienone is 1. The maximum atomic E-state index is 2.42. The molecule has 42 heavy (non-hydrogen) atoms. The van der Waals surface area contributed by atoms with Crippen LogP contribution in [0.5, 0.6) is 0 Å². The van der Waals surface area contributed by atoms with Gasteiger partial charge in [-0.25, -0.2) is 0 Å². The van der Waals surface area contributed by atoms with Crippen LogP contribution in [0.2, 0.25) is 0 Å². The molecule has 0 bridgehead atoms. The van der Waals surface area contributed by atoms with Crippen LogP contribution >= 0.6 is 22.7 Å². The van der Waals surface area contributed by atoms with Crippen molar-refractivity contribution in [3.05, 3.63) is 132 Å². The third kappa shape index (κ3) is 3.67. The Hall–Kier alpha value is -4.44. The monoisotopic (exact) mass is 573 g/mol. The Kier molecular flexibility index (Phi) is 5.35. The van der Waals surface area contributed by atoms with Crippen LogP contribution in [0.15, 0.2) is 121 Å². The average Bonchev–Trinajstić information content (AvgIpc) is 3.72. The van der Waals surface area contributed by atoms with Crippen LogP contribution in [0.4, 0.5) is 0 Å². The van der Waals surface area contributed by atoms with Gasteiger partial charge in [0.2, 0.25) is 0 Å². The topological polar surface area (TPSA) is 4.93 Å². The van der Waals surface area contributed by atoms with Gasteiger partial charge in [-0.2, -0.15) is 0 Å². The minimum Gasteiger partial charge on any atom is -0.316 e. The Morgan fingerprint density at radius 1 is 0.619 bits per heavy atom. The van der Waals surface area contributed by atoms with Gasteiger partial charge in [-0.3, -0.25) is 0 Å². The molecule has 0 saturated carbocycles.